The Morgan fingerprint density at radius 2 is 1.89 bits per heavy atom. The van der Waals surface area contributed by atoms with E-state index in [1.54, 1.807) is 12.1 Å². The molecular weight excluding hydrogens is 256 g/mol. The highest BCUT2D eigenvalue weighted by Crippen LogP contribution is 2.03. The Balaban J connectivity index is 2.38. The summed E-state index contributed by atoms with van der Waals surface area (Å²) < 4.78 is 24.5. The second-order valence-electron chi connectivity index (χ2n) is 3.70. The molecule has 0 saturated heterocycles. The van der Waals surface area contributed by atoms with Crippen LogP contribution in [0.4, 0.5) is 0 Å². The summed E-state index contributed by atoms with van der Waals surface area (Å²) in [5, 5.41) is 11.7. The van der Waals surface area contributed by atoms with E-state index in [0.29, 0.717) is 13.1 Å². The zero-order valence-corrected chi connectivity index (χ0v) is 10.8. The fourth-order valence-electron chi connectivity index (χ4n) is 1.31. The molecule has 100 valence electrons. The SMILES string of the molecule is CNS(=O)(=O)CCNCc1ccc(C(=O)O)cc1. The van der Waals surface area contributed by atoms with Crippen molar-refractivity contribution >= 4 is 16.0 Å². The van der Waals surface area contributed by atoms with Crippen LogP contribution in [0.15, 0.2) is 24.3 Å². The number of carboxylic acid groups (broad SMARTS) is 1. The first-order valence-corrected chi connectivity index (χ1v) is 7.04. The van der Waals surface area contributed by atoms with Crippen LogP contribution < -0.4 is 10.0 Å². The number of aromatic carboxylic acids is 1. The number of hydrogen-bond donors (Lipinski definition) is 3. The van der Waals surface area contributed by atoms with Gasteiger partial charge in [0.1, 0.15) is 0 Å². The normalized spacial score (nSPS) is 11.4. The predicted octanol–water partition coefficient (Wildman–Crippen LogP) is 0.0236. The Kier molecular flexibility index (Phi) is 5.26. The maximum atomic E-state index is 11.1. The maximum Gasteiger partial charge on any atom is 0.335 e. The molecule has 0 saturated carbocycles. The molecule has 0 amide bonds. The van der Waals surface area contributed by atoms with Crippen molar-refractivity contribution in [3.05, 3.63) is 35.4 Å². The molecule has 6 nitrogen and oxygen atoms in total. The molecule has 0 atom stereocenters. The Morgan fingerprint density at radius 1 is 1.28 bits per heavy atom. The van der Waals surface area contributed by atoms with Crippen molar-refractivity contribution in [2.75, 3.05) is 19.3 Å². The highest BCUT2D eigenvalue weighted by molar-refractivity contribution is 7.89. The van der Waals surface area contributed by atoms with E-state index in [-0.39, 0.29) is 11.3 Å². The molecule has 1 aromatic rings. The minimum atomic E-state index is -3.18. The van der Waals surface area contributed by atoms with E-state index in [9.17, 15) is 13.2 Å². The molecule has 18 heavy (non-hydrogen) atoms. The fraction of sp³-hybridized carbons (Fsp3) is 0.364. The molecule has 0 aliphatic heterocycles. The standard InChI is InChI=1S/C11H16N2O4S/c1-12-18(16,17)7-6-13-8-9-2-4-10(5-3-9)11(14)15/h2-5,12-13H,6-8H2,1H3,(H,14,15). The first-order chi connectivity index (χ1) is 8.44. The van der Waals surface area contributed by atoms with Crippen molar-refractivity contribution in [2.45, 2.75) is 6.54 Å². The number of benzene rings is 1. The third-order valence-electron chi connectivity index (χ3n) is 2.39. The van der Waals surface area contributed by atoms with Crippen molar-refractivity contribution in [1.82, 2.24) is 10.0 Å². The summed E-state index contributed by atoms with van der Waals surface area (Å²) in [6, 6.07) is 6.43. The van der Waals surface area contributed by atoms with Crippen LogP contribution in [0, 0.1) is 0 Å². The van der Waals surface area contributed by atoms with E-state index in [0.717, 1.165) is 5.56 Å². The van der Waals surface area contributed by atoms with E-state index >= 15 is 0 Å². The Morgan fingerprint density at radius 3 is 2.39 bits per heavy atom. The molecule has 0 radical (unpaired) electrons. The van der Waals surface area contributed by atoms with Gasteiger partial charge in [0.2, 0.25) is 10.0 Å². The number of rotatable bonds is 7. The second-order valence-corrected chi connectivity index (χ2v) is 5.75. The van der Waals surface area contributed by atoms with Gasteiger partial charge in [0.15, 0.2) is 0 Å². The van der Waals surface area contributed by atoms with E-state index < -0.39 is 16.0 Å². The van der Waals surface area contributed by atoms with Crippen LogP contribution in [0.1, 0.15) is 15.9 Å². The van der Waals surface area contributed by atoms with Crippen molar-refractivity contribution in [3.63, 3.8) is 0 Å². The second kappa shape index (κ2) is 6.48. The van der Waals surface area contributed by atoms with Gasteiger partial charge in [-0.2, -0.15) is 0 Å². The van der Waals surface area contributed by atoms with Gasteiger partial charge in [0, 0.05) is 13.1 Å². The molecule has 0 heterocycles. The van der Waals surface area contributed by atoms with Crippen LogP contribution in [-0.2, 0) is 16.6 Å². The van der Waals surface area contributed by atoms with Gasteiger partial charge >= 0.3 is 5.97 Å². The maximum absolute atomic E-state index is 11.1. The van der Waals surface area contributed by atoms with Crippen molar-refractivity contribution < 1.29 is 18.3 Å². The summed E-state index contributed by atoms with van der Waals surface area (Å²) >= 11 is 0. The number of hydrogen-bond acceptors (Lipinski definition) is 4. The van der Waals surface area contributed by atoms with Crippen molar-refractivity contribution in [2.24, 2.45) is 0 Å². The van der Waals surface area contributed by atoms with Gasteiger partial charge in [0.05, 0.1) is 11.3 Å². The molecule has 0 fully saturated rings. The zero-order valence-electron chi connectivity index (χ0n) is 10.0. The third-order valence-corrected chi connectivity index (χ3v) is 3.75. The van der Waals surface area contributed by atoms with Gasteiger partial charge in [-0.3, -0.25) is 0 Å². The molecule has 1 aromatic carbocycles. The van der Waals surface area contributed by atoms with E-state index in [1.807, 2.05) is 0 Å². The smallest absolute Gasteiger partial charge is 0.335 e. The monoisotopic (exact) mass is 272 g/mol. The Hall–Kier alpha value is -1.44. The summed E-state index contributed by atoms with van der Waals surface area (Å²) in [6.45, 7) is 0.836. The summed E-state index contributed by atoms with van der Waals surface area (Å²) in [4.78, 5) is 10.6. The highest BCUT2D eigenvalue weighted by atomic mass is 32.2. The van der Waals surface area contributed by atoms with Crippen LogP contribution >= 0.6 is 0 Å². The summed E-state index contributed by atoms with van der Waals surface area (Å²) in [7, 11) is -1.81. The van der Waals surface area contributed by atoms with Gasteiger partial charge in [-0.15, -0.1) is 0 Å². The lowest BCUT2D eigenvalue weighted by Crippen LogP contribution is -2.29. The minimum absolute atomic E-state index is 0.0106. The van der Waals surface area contributed by atoms with Crippen LogP contribution in [0.3, 0.4) is 0 Å². The molecule has 0 bridgehead atoms. The number of carboxylic acids is 1. The van der Waals surface area contributed by atoms with Crippen molar-refractivity contribution in [3.8, 4) is 0 Å². The average molecular weight is 272 g/mol. The lowest BCUT2D eigenvalue weighted by atomic mass is 10.1. The largest absolute Gasteiger partial charge is 0.478 e. The molecule has 3 N–H and O–H groups in total. The zero-order chi connectivity index (χ0) is 13.6. The highest BCUT2D eigenvalue weighted by Gasteiger charge is 2.05. The molecule has 0 aliphatic carbocycles. The molecule has 0 unspecified atom stereocenters. The lowest BCUT2D eigenvalue weighted by Gasteiger charge is -2.05. The molecule has 0 aromatic heterocycles. The van der Waals surface area contributed by atoms with E-state index in [2.05, 4.69) is 10.0 Å². The molecular formula is C11H16N2O4S. The van der Waals surface area contributed by atoms with Gasteiger partial charge in [-0.05, 0) is 24.7 Å². The van der Waals surface area contributed by atoms with Gasteiger partial charge in [-0.25, -0.2) is 17.9 Å². The topological polar surface area (TPSA) is 95.5 Å². The van der Waals surface area contributed by atoms with E-state index in [1.165, 1.54) is 19.2 Å². The van der Waals surface area contributed by atoms with Crippen LogP contribution in [0.2, 0.25) is 0 Å². The number of sulfonamides is 1. The van der Waals surface area contributed by atoms with Gasteiger partial charge < -0.3 is 10.4 Å². The van der Waals surface area contributed by atoms with Crippen LogP contribution in [-0.4, -0.2) is 38.8 Å². The third kappa shape index (κ3) is 4.82. The van der Waals surface area contributed by atoms with Crippen molar-refractivity contribution in [1.29, 1.82) is 0 Å². The molecule has 1 rings (SSSR count). The first kappa shape index (κ1) is 14.6. The predicted molar refractivity (Wildman–Crippen MR) is 68.0 cm³/mol. The Bertz CT molecular complexity index is 496. The van der Waals surface area contributed by atoms with Crippen LogP contribution in [0.5, 0.6) is 0 Å². The molecule has 0 spiro atoms. The molecule has 7 heteroatoms. The van der Waals surface area contributed by atoms with Gasteiger partial charge in [-0.1, -0.05) is 12.1 Å². The summed E-state index contributed by atoms with van der Waals surface area (Å²) in [5.74, 6) is -0.953. The summed E-state index contributed by atoms with van der Waals surface area (Å²) in [6.07, 6.45) is 0. The first-order valence-electron chi connectivity index (χ1n) is 5.39. The van der Waals surface area contributed by atoms with Crippen LogP contribution in [0.25, 0.3) is 0 Å². The average Bonchev–Trinajstić information content (AvgIpc) is 2.35. The van der Waals surface area contributed by atoms with Gasteiger partial charge in [0.25, 0.3) is 0 Å². The Labute approximate surface area is 106 Å². The van der Waals surface area contributed by atoms with E-state index in [4.69, 9.17) is 5.11 Å². The quantitative estimate of drug-likeness (QED) is 0.608. The lowest BCUT2D eigenvalue weighted by molar-refractivity contribution is 0.0697. The molecule has 0 aliphatic rings. The number of carbonyl (C=O) groups is 1. The number of nitrogens with one attached hydrogen (secondary N) is 2. The fourth-order valence-corrected chi connectivity index (χ4v) is 1.92. The minimum Gasteiger partial charge on any atom is -0.478 e. The summed E-state index contributed by atoms with van der Waals surface area (Å²) in [5.41, 5.74) is 1.14.